The van der Waals surface area contributed by atoms with Crippen LogP contribution < -0.4 is 0 Å². The lowest BCUT2D eigenvalue weighted by Gasteiger charge is -1.94. The Balaban J connectivity index is 2.97. The van der Waals surface area contributed by atoms with E-state index in [2.05, 4.69) is 4.18 Å². The van der Waals surface area contributed by atoms with E-state index < -0.39 is 7.98 Å². The average Bonchev–Trinajstić information content (AvgIpc) is 1.38. The molecule has 0 saturated carbocycles. The largest absolute Gasteiger partial charge is 0.454 e. The van der Waals surface area contributed by atoms with Crippen LogP contribution >= 0.6 is 21.2 Å². The van der Waals surface area contributed by atoms with Gasteiger partial charge in [0.2, 0.25) is 0 Å². The summed E-state index contributed by atoms with van der Waals surface area (Å²) in [4.78, 5) is 0. The summed E-state index contributed by atoms with van der Waals surface area (Å²) in [5, 5.41) is 0. The third-order valence-electron chi connectivity index (χ3n) is 0.138. The molecule has 0 spiro atoms. The van der Waals surface area contributed by atoms with E-state index in [-0.39, 0.29) is 0 Å². The van der Waals surface area contributed by atoms with Gasteiger partial charge in [-0.1, -0.05) is 0 Å². The smallest absolute Gasteiger partial charge is 0.0132 e. The molecular formula is CH3INOS-. The van der Waals surface area contributed by atoms with Crippen molar-refractivity contribution < 1.29 is 4.18 Å². The molecule has 0 aromatic rings. The van der Waals surface area contributed by atoms with E-state index >= 15 is 0 Å². The minimum atomic E-state index is -0.853. The molecule has 0 N–H and O–H groups in total. The Morgan fingerprint density at radius 1 is 2.00 bits per heavy atom. The highest BCUT2D eigenvalue weighted by atomic mass is 127. The standard InChI is InChI=1S/CH3INOS/c1-4-5(2)3/h1H3/q-1. The van der Waals surface area contributed by atoms with Gasteiger partial charge in [0.15, 0.2) is 0 Å². The predicted octanol–water partition coefficient (Wildman–Crippen LogP) is 0.995. The van der Waals surface area contributed by atoms with Crippen molar-refractivity contribution in [1.82, 2.24) is 0 Å². The van der Waals surface area contributed by atoms with Crippen LogP contribution in [0, 0.1) is 4.61 Å². The van der Waals surface area contributed by atoms with Crippen molar-refractivity contribution in [2.24, 2.45) is 0 Å². The van der Waals surface area contributed by atoms with Crippen LogP contribution in [0.5, 0.6) is 0 Å². The zero-order valence-corrected chi connectivity index (χ0v) is 5.62. The van der Waals surface area contributed by atoms with Crippen molar-refractivity contribution in [2.45, 2.75) is 0 Å². The summed E-state index contributed by atoms with van der Waals surface area (Å²) in [6.07, 6.45) is 0. The molecule has 0 radical (unpaired) electrons. The second-order valence-corrected chi connectivity index (χ2v) is 3.38. The molecule has 0 bridgehead atoms. The van der Waals surface area contributed by atoms with Crippen LogP contribution in [0.15, 0.2) is 0 Å². The van der Waals surface area contributed by atoms with Crippen LogP contribution in [0.25, 0.3) is 0 Å². The fourth-order valence-electron chi connectivity index (χ4n) is 0. The molecule has 32 valence electrons. The van der Waals surface area contributed by atoms with Gasteiger partial charge in [0.25, 0.3) is 0 Å². The Kier molecular flexibility index (Phi) is 3.40. The molecule has 5 heavy (non-hydrogen) atoms. The molecule has 0 saturated heterocycles. The van der Waals surface area contributed by atoms with E-state index in [4.69, 9.17) is 4.61 Å². The molecule has 0 aliphatic rings. The summed E-state index contributed by atoms with van der Waals surface area (Å²) in [7, 11) is 0.601. The van der Waals surface area contributed by atoms with Gasteiger partial charge < -0.3 is 8.79 Å². The van der Waals surface area contributed by atoms with Crippen molar-refractivity contribution >= 4 is 29.2 Å². The van der Waals surface area contributed by atoms with Gasteiger partial charge in [-0.25, -0.2) is 0 Å². The average molecular weight is 204 g/mol. The van der Waals surface area contributed by atoms with Crippen LogP contribution in [0.3, 0.4) is 0 Å². The molecule has 0 rings (SSSR count). The molecule has 0 aromatic carbocycles. The minimum absolute atomic E-state index is 0.853. The second-order valence-electron chi connectivity index (χ2n) is 0.373. The molecule has 0 atom stereocenters. The molecule has 4 heteroatoms. The third-order valence-corrected chi connectivity index (χ3v) is 1.49. The van der Waals surface area contributed by atoms with Gasteiger partial charge in [-0.05, 0) is 0 Å². The van der Waals surface area contributed by atoms with Crippen molar-refractivity contribution in [3.05, 3.63) is 0 Å². The SMILES string of the molecule is CO[S-](#N)I. The first kappa shape index (κ1) is 5.75. The molecule has 0 aliphatic heterocycles. The highest BCUT2D eigenvalue weighted by Crippen LogP contribution is 1.88. The zero-order valence-electron chi connectivity index (χ0n) is 2.64. The number of nitrogens with zero attached hydrogens (tertiary/aromatic N) is 1. The van der Waals surface area contributed by atoms with E-state index in [1.165, 1.54) is 7.11 Å². The first-order valence-electron chi connectivity index (χ1n) is 0.912. The van der Waals surface area contributed by atoms with Gasteiger partial charge in [-0.2, -0.15) is 21.2 Å². The molecule has 0 aromatic heterocycles. The fourth-order valence-corrected chi connectivity index (χ4v) is 0. The number of halogens is 1. The molecule has 0 amide bonds. The molecule has 0 unspecified atom stereocenters. The first-order chi connectivity index (χ1) is 2.27. The van der Waals surface area contributed by atoms with Crippen LogP contribution in [-0.4, -0.2) is 7.11 Å². The van der Waals surface area contributed by atoms with Crippen molar-refractivity contribution in [2.75, 3.05) is 7.11 Å². The van der Waals surface area contributed by atoms with Crippen LogP contribution in [0.2, 0.25) is 0 Å². The highest BCUT2D eigenvalue weighted by Gasteiger charge is 1.47. The summed E-state index contributed by atoms with van der Waals surface area (Å²) >= 11 is 1.77. The summed E-state index contributed by atoms with van der Waals surface area (Å²) in [6.45, 7) is 0. The Bertz CT molecular complexity index is 73.5. The van der Waals surface area contributed by atoms with Gasteiger partial charge in [0.05, 0.1) is 0 Å². The quantitative estimate of drug-likeness (QED) is 0.435. The van der Waals surface area contributed by atoms with E-state index in [1.807, 2.05) is 0 Å². The van der Waals surface area contributed by atoms with Crippen molar-refractivity contribution in [3.63, 3.8) is 0 Å². The summed E-state index contributed by atoms with van der Waals surface area (Å²) in [5.74, 6) is 0. The molecule has 2 nitrogen and oxygen atoms in total. The van der Waals surface area contributed by atoms with Crippen LogP contribution in [0.4, 0.5) is 0 Å². The molecular weight excluding hydrogens is 201 g/mol. The fraction of sp³-hybridized carbons (Fsp3) is 1.00. The minimum Gasteiger partial charge on any atom is -0.454 e. The Hall–Kier alpha value is 0.750. The molecule has 0 aliphatic carbocycles. The van der Waals surface area contributed by atoms with Gasteiger partial charge in [0, 0.05) is 7.11 Å². The maximum Gasteiger partial charge on any atom is 0.0132 e. The number of hydrogen-bond acceptors (Lipinski definition) is 3. The third kappa shape index (κ3) is 4.75. The van der Waals surface area contributed by atoms with Gasteiger partial charge in [-0.3, -0.25) is 0 Å². The topological polar surface area (TPSA) is 33.0 Å². The number of rotatable bonds is 0. The first-order valence-corrected chi connectivity index (χ1v) is 4.56. The summed E-state index contributed by atoms with van der Waals surface area (Å²) in [6, 6.07) is 0. The predicted molar refractivity (Wildman–Crippen MR) is 30.1 cm³/mol. The van der Waals surface area contributed by atoms with Gasteiger partial charge >= 0.3 is 0 Å². The monoisotopic (exact) mass is 204 g/mol. The normalized spacial score (nSPS) is 9.20. The second kappa shape index (κ2) is 2.96. The van der Waals surface area contributed by atoms with E-state index in [9.17, 15) is 0 Å². The van der Waals surface area contributed by atoms with Gasteiger partial charge in [-0.15, -0.1) is 7.98 Å². The van der Waals surface area contributed by atoms with E-state index in [0.29, 0.717) is 0 Å². The Morgan fingerprint density at radius 3 is 2.20 bits per heavy atom. The van der Waals surface area contributed by atoms with E-state index in [1.54, 1.807) is 21.2 Å². The number of hydrogen-bond donors (Lipinski definition) is 0. The highest BCUT2D eigenvalue weighted by molar-refractivity contribution is 14.2. The van der Waals surface area contributed by atoms with Crippen molar-refractivity contribution in [3.8, 4) is 0 Å². The lowest BCUT2D eigenvalue weighted by Crippen LogP contribution is -1.67. The molecule has 0 fully saturated rings. The molecule has 0 heterocycles. The maximum absolute atomic E-state index is 8.15. The lowest BCUT2D eigenvalue weighted by atomic mass is 11.8. The van der Waals surface area contributed by atoms with Crippen LogP contribution in [0.1, 0.15) is 0 Å². The van der Waals surface area contributed by atoms with E-state index in [0.717, 1.165) is 0 Å². The Morgan fingerprint density at radius 2 is 2.20 bits per heavy atom. The summed E-state index contributed by atoms with van der Waals surface area (Å²) in [5.41, 5.74) is 0. The zero-order chi connectivity index (χ0) is 4.28. The summed E-state index contributed by atoms with van der Waals surface area (Å²) < 4.78 is 12.5. The van der Waals surface area contributed by atoms with Crippen molar-refractivity contribution in [1.29, 1.82) is 4.61 Å². The maximum atomic E-state index is 8.15. The van der Waals surface area contributed by atoms with Crippen LogP contribution in [-0.2, 0) is 12.2 Å². The Labute approximate surface area is 45.2 Å². The lowest BCUT2D eigenvalue weighted by molar-refractivity contribution is 0.490. The van der Waals surface area contributed by atoms with Gasteiger partial charge in [0.1, 0.15) is 0 Å².